The van der Waals surface area contributed by atoms with E-state index in [2.05, 4.69) is 54.5 Å². The summed E-state index contributed by atoms with van der Waals surface area (Å²) in [7, 11) is 2.73. The fourth-order valence-corrected chi connectivity index (χ4v) is 13.6. The predicted octanol–water partition coefficient (Wildman–Crippen LogP) is 6.90. The van der Waals surface area contributed by atoms with Crippen LogP contribution in [-0.4, -0.2) is 80.9 Å². The highest BCUT2D eigenvalue weighted by atomic mass is 16.7. The Balaban J connectivity index is 1.32. The van der Waals surface area contributed by atoms with Gasteiger partial charge in [-0.2, -0.15) is 0 Å². The molecule has 4 saturated carbocycles. The van der Waals surface area contributed by atoms with Crippen molar-refractivity contribution < 1.29 is 57.1 Å². The number of esters is 5. The fourth-order valence-electron chi connectivity index (χ4n) is 13.6. The molecule has 0 N–H and O–H groups in total. The highest BCUT2D eigenvalue weighted by Gasteiger charge is 2.70. The van der Waals surface area contributed by atoms with Crippen LogP contribution < -0.4 is 0 Å². The topological polar surface area (TPSA) is 150 Å². The van der Waals surface area contributed by atoms with E-state index in [4.69, 9.17) is 33.2 Å². The number of hydrogen-bond acceptors (Lipinski definition) is 12. The van der Waals surface area contributed by atoms with Crippen LogP contribution in [0.25, 0.3) is 0 Å². The smallest absolute Gasteiger partial charge is 0.339 e. The molecule has 12 heteroatoms. The largest absolute Gasteiger partial charge is 0.469 e. The first kappa shape index (κ1) is 42.6. The molecule has 6 rings (SSSR count). The van der Waals surface area contributed by atoms with E-state index in [-0.39, 0.29) is 40.2 Å². The number of methoxy groups -OCH3 is 2. The van der Waals surface area contributed by atoms with Crippen molar-refractivity contribution in [2.24, 2.45) is 56.7 Å². The number of carbonyl (C=O) groups is 5. The molecule has 0 unspecified atom stereocenters. The fraction of sp³-hybridized carbons (Fsp3) is 0.841. The van der Waals surface area contributed by atoms with Crippen molar-refractivity contribution in [3.63, 3.8) is 0 Å². The molecule has 0 radical (unpaired) electrons. The van der Waals surface area contributed by atoms with Gasteiger partial charge in [0, 0.05) is 20.8 Å². The normalized spacial score (nSPS) is 45.2. The molecule has 0 aromatic heterocycles. The van der Waals surface area contributed by atoms with Gasteiger partial charge < -0.3 is 33.2 Å². The summed E-state index contributed by atoms with van der Waals surface area (Å²) in [6, 6.07) is 0. The zero-order valence-corrected chi connectivity index (χ0v) is 35.7. The Morgan fingerprint density at radius 1 is 0.714 bits per heavy atom. The highest BCUT2D eigenvalue weighted by Crippen LogP contribution is 2.76. The van der Waals surface area contributed by atoms with Gasteiger partial charge in [-0.3, -0.25) is 19.2 Å². The average Bonchev–Trinajstić information content (AvgIpc) is 3.12. The van der Waals surface area contributed by atoms with E-state index in [1.807, 2.05) is 0 Å². The Bertz CT molecular complexity index is 1620. The van der Waals surface area contributed by atoms with Crippen LogP contribution in [0, 0.1) is 56.7 Å². The van der Waals surface area contributed by atoms with Gasteiger partial charge in [0.25, 0.3) is 0 Å². The average molecular weight is 787 g/mol. The summed E-state index contributed by atoms with van der Waals surface area (Å²) in [6.07, 6.45) is 3.38. The Kier molecular flexibility index (Phi) is 11.4. The number of carbonyl (C=O) groups excluding carboxylic acids is 5. The molecule has 12 nitrogen and oxygen atoms in total. The Labute approximate surface area is 332 Å². The molecular formula is C44H66O12. The van der Waals surface area contributed by atoms with Crippen LogP contribution in [-0.2, 0) is 57.1 Å². The van der Waals surface area contributed by atoms with E-state index in [0.29, 0.717) is 24.2 Å². The molecular weight excluding hydrogens is 720 g/mol. The third-order valence-corrected chi connectivity index (χ3v) is 16.7. The van der Waals surface area contributed by atoms with Crippen molar-refractivity contribution in [2.75, 3.05) is 14.2 Å². The van der Waals surface area contributed by atoms with Gasteiger partial charge in [-0.1, -0.05) is 60.1 Å². The SMILES string of the molecule is COC(=O)[C@H]1O[C@@H](O[C@H]2CC[C@]3(C)[C@H]4CC=C5[C@@H]6[C@@H](C)[C@H](C)CC[C@]6(C(=O)OC)CC[C@@]5(C)[C@]4(C)CC[C@H]3C2(C)C)[C@H](OC(C)=O)[C@@H](OC(C)=O)[C@@H]1OC(C)=O. The maximum Gasteiger partial charge on any atom is 0.339 e. The lowest BCUT2D eigenvalue weighted by Gasteiger charge is -2.71. The van der Waals surface area contributed by atoms with Crippen LogP contribution in [0.2, 0.25) is 0 Å². The van der Waals surface area contributed by atoms with Crippen LogP contribution in [0.15, 0.2) is 11.6 Å². The van der Waals surface area contributed by atoms with E-state index < -0.39 is 65.4 Å². The molecule has 15 atom stereocenters. The van der Waals surface area contributed by atoms with Gasteiger partial charge in [0.1, 0.15) is 0 Å². The van der Waals surface area contributed by atoms with Gasteiger partial charge in [-0.15, -0.1) is 0 Å². The first-order valence-corrected chi connectivity index (χ1v) is 20.8. The molecule has 0 aromatic rings. The Hall–Kier alpha value is -2.99. The zero-order chi connectivity index (χ0) is 41.3. The van der Waals surface area contributed by atoms with Gasteiger partial charge in [0.15, 0.2) is 30.7 Å². The third kappa shape index (κ3) is 6.51. The molecule has 0 bridgehead atoms. The van der Waals surface area contributed by atoms with E-state index >= 15 is 0 Å². The minimum absolute atomic E-state index is 0.0123. The minimum atomic E-state index is -1.51. The van der Waals surface area contributed by atoms with E-state index in [0.717, 1.165) is 58.3 Å². The first-order valence-electron chi connectivity index (χ1n) is 20.8. The number of rotatable bonds is 7. The molecule has 0 amide bonds. The summed E-state index contributed by atoms with van der Waals surface area (Å²) in [5, 5.41) is 0. The molecule has 6 aliphatic rings. The first-order chi connectivity index (χ1) is 26.1. The summed E-state index contributed by atoms with van der Waals surface area (Å²) in [5.41, 5.74) is 0.548. The van der Waals surface area contributed by atoms with E-state index in [1.165, 1.54) is 26.5 Å². The number of hydrogen-bond donors (Lipinski definition) is 0. The monoisotopic (exact) mass is 786 g/mol. The number of ether oxygens (including phenoxy) is 7. The molecule has 0 aromatic carbocycles. The van der Waals surface area contributed by atoms with Crippen molar-refractivity contribution >= 4 is 29.8 Å². The maximum absolute atomic E-state index is 13.7. The van der Waals surface area contributed by atoms with Crippen LogP contribution in [0.5, 0.6) is 0 Å². The summed E-state index contributed by atoms with van der Waals surface area (Å²) in [6.45, 7) is 20.2. The summed E-state index contributed by atoms with van der Waals surface area (Å²) in [5.74, 6) is -1.33. The standard InChI is InChI=1S/C44H66O12/c1-23-15-20-44(39(49)51-12)22-21-42(9)28(32(44)24(23)2)13-14-30-41(8)18-17-31(40(6,7)29(41)16-19-43(30,42)10)55-38-36(54-27(5)47)34(53-26(4)46)33(52-25(3)45)35(56-38)37(48)50-11/h13,23-24,29-36,38H,14-22H2,1-12H3/t23-,24+,29+,30-,31+,32+,33+,34+,35+,36-,38-,41+,42-,43-,44+/m1/s1. The summed E-state index contributed by atoms with van der Waals surface area (Å²) in [4.78, 5) is 63.9. The third-order valence-electron chi connectivity index (χ3n) is 16.7. The van der Waals surface area contributed by atoms with E-state index in [1.54, 1.807) is 7.11 Å². The second kappa shape index (κ2) is 15.0. The van der Waals surface area contributed by atoms with Crippen LogP contribution in [0.1, 0.15) is 127 Å². The molecule has 5 fully saturated rings. The summed E-state index contributed by atoms with van der Waals surface area (Å²) < 4.78 is 40.4. The summed E-state index contributed by atoms with van der Waals surface area (Å²) >= 11 is 0. The Morgan fingerprint density at radius 3 is 1.95 bits per heavy atom. The number of fused-ring (bicyclic) bond motifs is 7. The van der Waals surface area contributed by atoms with Gasteiger partial charge >= 0.3 is 29.8 Å². The second-order valence-electron chi connectivity index (χ2n) is 19.5. The van der Waals surface area contributed by atoms with Crippen LogP contribution >= 0.6 is 0 Å². The van der Waals surface area contributed by atoms with Crippen molar-refractivity contribution in [3.8, 4) is 0 Å². The maximum atomic E-state index is 13.7. The molecule has 5 aliphatic carbocycles. The van der Waals surface area contributed by atoms with Gasteiger partial charge in [-0.25, -0.2) is 4.79 Å². The van der Waals surface area contributed by atoms with Crippen LogP contribution in [0.3, 0.4) is 0 Å². The molecule has 1 aliphatic heterocycles. The lowest BCUT2D eigenvalue weighted by molar-refractivity contribution is -0.327. The minimum Gasteiger partial charge on any atom is -0.469 e. The van der Waals surface area contributed by atoms with Crippen molar-refractivity contribution in [1.29, 1.82) is 0 Å². The highest BCUT2D eigenvalue weighted by molar-refractivity contribution is 5.79. The molecule has 1 heterocycles. The van der Waals surface area contributed by atoms with Gasteiger partial charge in [0.2, 0.25) is 0 Å². The predicted molar refractivity (Wildman–Crippen MR) is 203 cm³/mol. The van der Waals surface area contributed by atoms with Crippen molar-refractivity contribution in [1.82, 2.24) is 0 Å². The van der Waals surface area contributed by atoms with E-state index in [9.17, 15) is 24.0 Å². The number of allylic oxidation sites excluding steroid dienone is 2. The lowest BCUT2D eigenvalue weighted by Crippen LogP contribution is -2.67. The van der Waals surface area contributed by atoms with Crippen molar-refractivity contribution in [2.45, 2.75) is 164 Å². The quantitative estimate of drug-likeness (QED) is 0.114. The Morgan fingerprint density at radius 2 is 1.34 bits per heavy atom. The molecule has 56 heavy (non-hydrogen) atoms. The molecule has 1 saturated heterocycles. The van der Waals surface area contributed by atoms with Crippen molar-refractivity contribution in [3.05, 3.63) is 11.6 Å². The van der Waals surface area contributed by atoms with Gasteiger partial charge in [0.05, 0.1) is 25.7 Å². The lowest BCUT2D eigenvalue weighted by atomic mass is 9.33. The zero-order valence-electron chi connectivity index (χ0n) is 35.7. The second-order valence-corrected chi connectivity index (χ2v) is 19.5. The molecule has 0 spiro atoms. The van der Waals surface area contributed by atoms with Crippen LogP contribution in [0.4, 0.5) is 0 Å². The molecule has 314 valence electrons. The van der Waals surface area contributed by atoms with Gasteiger partial charge in [-0.05, 0) is 109 Å².